The second-order valence-electron chi connectivity index (χ2n) is 2.71. The molecule has 0 spiro atoms. The van der Waals surface area contributed by atoms with Crippen molar-refractivity contribution < 1.29 is 9.53 Å². The lowest BCUT2D eigenvalue weighted by molar-refractivity contribution is -0.104. The van der Waals surface area contributed by atoms with Gasteiger partial charge in [-0.1, -0.05) is 6.07 Å². The van der Waals surface area contributed by atoms with Crippen molar-refractivity contribution >= 4 is 12.0 Å². The minimum Gasteiger partial charge on any atom is -0.497 e. The van der Waals surface area contributed by atoms with E-state index in [1.54, 1.807) is 31.4 Å². The zero-order chi connectivity index (χ0) is 11.1. The maximum absolute atomic E-state index is 10.3. The van der Waals surface area contributed by atoms with Gasteiger partial charge in [0, 0.05) is 18.0 Å². The highest BCUT2D eigenvalue weighted by molar-refractivity contribution is 5.79. The summed E-state index contributed by atoms with van der Waals surface area (Å²) in [4.78, 5) is 10.3. The smallest absolute Gasteiger partial charge is 0.162 e. The number of anilines is 1. The highest BCUT2D eigenvalue weighted by Gasteiger charge is 1.94. The van der Waals surface area contributed by atoms with E-state index in [0.29, 0.717) is 12.0 Å². The van der Waals surface area contributed by atoms with E-state index in [1.165, 1.54) is 6.20 Å². The lowest BCUT2D eigenvalue weighted by Crippen LogP contribution is -1.92. The second kappa shape index (κ2) is 5.45. The molecule has 1 aromatic carbocycles. The summed E-state index contributed by atoms with van der Waals surface area (Å²) in [6.07, 6.45) is 1.84. The minimum atomic E-state index is 0.0396. The molecule has 0 aliphatic carbocycles. The number of nitrogens with zero attached hydrogens (tertiary/aromatic N) is 1. The van der Waals surface area contributed by atoms with Crippen LogP contribution in [0.4, 0.5) is 5.69 Å². The summed E-state index contributed by atoms with van der Waals surface area (Å²) >= 11 is 0. The number of hydrogen-bond donors (Lipinski definition) is 1. The Labute approximate surface area is 87.8 Å². The van der Waals surface area contributed by atoms with E-state index in [2.05, 4.69) is 5.32 Å². The van der Waals surface area contributed by atoms with Crippen LogP contribution in [0.3, 0.4) is 0 Å². The summed E-state index contributed by atoms with van der Waals surface area (Å²) in [7, 11) is 1.57. The summed E-state index contributed by atoms with van der Waals surface area (Å²) in [6, 6.07) is 8.93. The number of carbonyl (C=O) groups is 1. The molecule has 0 saturated carbocycles. The largest absolute Gasteiger partial charge is 0.497 e. The highest BCUT2D eigenvalue weighted by Crippen LogP contribution is 2.16. The lowest BCUT2D eigenvalue weighted by Gasteiger charge is -2.03. The summed E-state index contributed by atoms with van der Waals surface area (Å²) < 4.78 is 5.02. The molecule has 76 valence electrons. The average molecular weight is 202 g/mol. The summed E-state index contributed by atoms with van der Waals surface area (Å²) in [6.45, 7) is 0. The molecule has 0 aliphatic heterocycles. The van der Waals surface area contributed by atoms with Crippen molar-refractivity contribution in [3.63, 3.8) is 0 Å². The van der Waals surface area contributed by atoms with Crippen LogP contribution >= 0.6 is 0 Å². The van der Waals surface area contributed by atoms with Crippen molar-refractivity contribution in [2.75, 3.05) is 12.4 Å². The van der Waals surface area contributed by atoms with Crippen LogP contribution < -0.4 is 10.1 Å². The van der Waals surface area contributed by atoms with Gasteiger partial charge < -0.3 is 10.1 Å². The number of carbonyl (C=O) groups excluding carboxylic acids is 1. The maximum atomic E-state index is 10.3. The molecular formula is C11H10N2O2. The Morgan fingerprint density at radius 3 is 3.00 bits per heavy atom. The quantitative estimate of drug-likeness (QED) is 0.458. The molecule has 0 saturated heterocycles. The van der Waals surface area contributed by atoms with Gasteiger partial charge in [-0.25, -0.2) is 0 Å². The monoisotopic (exact) mass is 202 g/mol. The molecular weight excluding hydrogens is 192 g/mol. The van der Waals surface area contributed by atoms with Gasteiger partial charge in [0.05, 0.1) is 7.11 Å². The molecule has 0 amide bonds. The van der Waals surface area contributed by atoms with E-state index in [0.717, 1.165) is 5.69 Å². The van der Waals surface area contributed by atoms with Crippen LogP contribution in [0.1, 0.15) is 0 Å². The maximum Gasteiger partial charge on any atom is 0.162 e. The van der Waals surface area contributed by atoms with Crippen LogP contribution in [0.2, 0.25) is 0 Å². The number of methoxy groups -OCH3 is 1. The standard InChI is InChI=1S/C11H10N2O2/c1-15-11-4-2-3-10(5-11)13-7-9(6-12)8-14/h2-5,7-8,13H,1H3/b9-7+. The number of nitriles is 1. The fourth-order valence-electron chi connectivity index (χ4n) is 0.967. The number of allylic oxidation sites excluding steroid dienone is 1. The van der Waals surface area contributed by atoms with Crippen LogP contribution in [-0.2, 0) is 4.79 Å². The number of ether oxygens (including phenoxy) is 1. The molecule has 15 heavy (non-hydrogen) atoms. The first-order valence-electron chi connectivity index (χ1n) is 4.26. The Hall–Kier alpha value is -2.28. The van der Waals surface area contributed by atoms with Gasteiger partial charge in [0.25, 0.3) is 0 Å². The first kappa shape index (κ1) is 10.8. The fraction of sp³-hybridized carbons (Fsp3) is 0.0909. The number of nitrogens with one attached hydrogen (secondary N) is 1. The topological polar surface area (TPSA) is 62.1 Å². The van der Waals surface area contributed by atoms with Gasteiger partial charge in [-0.3, -0.25) is 4.79 Å². The van der Waals surface area contributed by atoms with Gasteiger partial charge in [0.1, 0.15) is 17.4 Å². The second-order valence-corrected chi connectivity index (χ2v) is 2.71. The first-order chi connectivity index (χ1) is 7.30. The van der Waals surface area contributed by atoms with E-state index < -0.39 is 0 Å². The van der Waals surface area contributed by atoms with E-state index in [-0.39, 0.29) is 5.57 Å². The molecule has 4 nitrogen and oxygen atoms in total. The number of hydrogen-bond acceptors (Lipinski definition) is 4. The molecule has 0 heterocycles. The third-order valence-electron chi connectivity index (χ3n) is 1.72. The molecule has 0 atom stereocenters. The van der Waals surface area contributed by atoms with E-state index in [1.807, 2.05) is 6.07 Å². The molecule has 0 unspecified atom stereocenters. The summed E-state index contributed by atoms with van der Waals surface area (Å²) in [5.74, 6) is 0.706. The molecule has 0 aromatic heterocycles. The Balaban J connectivity index is 2.77. The zero-order valence-corrected chi connectivity index (χ0v) is 8.23. The molecule has 0 fully saturated rings. The first-order valence-corrected chi connectivity index (χ1v) is 4.26. The van der Waals surface area contributed by atoms with Crippen molar-refractivity contribution in [2.45, 2.75) is 0 Å². The third-order valence-corrected chi connectivity index (χ3v) is 1.72. The van der Waals surface area contributed by atoms with Crippen LogP contribution in [0, 0.1) is 11.3 Å². The number of rotatable bonds is 4. The Morgan fingerprint density at radius 2 is 2.40 bits per heavy atom. The van der Waals surface area contributed by atoms with E-state index in [4.69, 9.17) is 10.00 Å². The van der Waals surface area contributed by atoms with Crippen LogP contribution in [0.5, 0.6) is 5.75 Å². The van der Waals surface area contributed by atoms with Gasteiger partial charge in [-0.2, -0.15) is 5.26 Å². The van der Waals surface area contributed by atoms with Crippen molar-refractivity contribution in [2.24, 2.45) is 0 Å². The van der Waals surface area contributed by atoms with Gasteiger partial charge >= 0.3 is 0 Å². The normalized spacial score (nSPS) is 10.3. The van der Waals surface area contributed by atoms with Gasteiger partial charge in [-0.15, -0.1) is 0 Å². The lowest BCUT2D eigenvalue weighted by atomic mass is 10.3. The van der Waals surface area contributed by atoms with Crippen LogP contribution in [0.15, 0.2) is 36.0 Å². The Kier molecular flexibility index (Phi) is 3.92. The average Bonchev–Trinajstić information content (AvgIpc) is 2.31. The van der Waals surface area contributed by atoms with Crippen LogP contribution in [-0.4, -0.2) is 13.4 Å². The predicted octanol–water partition coefficient (Wildman–Crippen LogP) is 1.71. The van der Waals surface area contributed by atoms with Crippen LogP contribution in [0.25, 0.3) is 0 Å². The third kappa shape index (κ3) is 3.16. The summed E-state index contributed by atoms with van der Waals surface area (Å²) in [5, 5.41) is 11.3. The highest BCUT2D eigenvalue weighted by atomic mass is 16.5. The number of benzene rings is 1. The van der Waals surface area contributed by atoms with Gasteiger partial charge in [0.2, 0.25) is 0 Å². The molecule has 1 N–H and O–H groups in total. The Bertz CT molecular complexity index is 419. The summed E-state index contributed by atoms with van der Waals surface area (Å²) in [5.41, 5.74) is 0.793. The van der Waals surface area contributed by atoms with Crippen molar-refractivity contribution in [3.05, 3.63) is 36.0 Å². The van der Waals surface area contributed by atoms with Crippen molar-refractivity contribution in [1.29, 1.82) is 5.26 Å². The minimum absolute atomic E-state index is 0.0396. The molecule has 1 rings (SSSR count). The van der Waals surface area contributed by atoms with E-state index in [9.17, 15) is 4.79 Å². The predicted molar refractivity (Wildman–Crippen MR) is 56.4 cm³/mol. The van der Waals surface area contributed by atoms with Gasteiger partial charge in [-0.05, 0) is 12.1 Å². The SMILES string of the molecule is COc1cccc(N/C=C(\C#N)C=O)c1. The van der Waals surface area contributed by atoms with Gasteiger partial charge in [0.15, 0.2) is 6.29 Å². The van der Waals surface area contributed by atoms with Crippen molar-refractivity contribution in [1.82, 2.24) is 0 Å². The van der Waals surface area contributed by atoms with E-state index >= 15 is 0 Å². The fourth-order valence-corrected chi connectivity index (χ4v) is 0.967. The molecule has 0 bridgehead atoms. The number of aldehydes is 1. The molecule has 0 aliphatic rings. The molecule has 1 aromatic rings. The Morgan fingerprint density at radius 1 is 1.60 bits per heavy atom. The molecule has 4 heteroatoms. The molecule has 0 radical (unpaired) electrons. The zero-order valence-electron chi connectivity index (χ0n) is 8.23. The van der Waals surface area contributed by atoms with Crippen molar-refractivity contribution in [3.8, 4) is 11.8 Å².